The molecule has 0 fully saturated rings. The van der Waals surface area contributed by atoms with E-state index in [4.69, 9.17) is 0 Å². The molecule has 0 aliphatic carbocycles. The van der Waals surface area contributed by atoms with Gasteiger partial charge in [0.1, 0.15) is 5.60 Å². The predicted molar refractivity (Wildman–Crippen MR) is 146 cm³/mol. The molecule has 0 spiro atoms. The summed E-state index contributed by atoms with van der Waals surface area (Å²) in [5, 5.41) is 0.589. The largest absolute Gasteiger partial charge is 0.435 e. The fraction of sp³-hybridized carbons (Fsp3) is 0.731. The lowest BCUT2D eigenvalue weighted by molar-refractivity contribution is -0.442. The van der Waals surface area contributed by atoms with Gasteiger partial charge in [-0.25, -0.2) is 13.2 Å². The fourth-order valence-electron chi connectivity index (χ4n) is 4.59. The van der Waals surface area contributed by atoms with Crippen LogP contribution in [0.3, 0.4) is 0 Å². The topological polar surface area (TPSA) is 49.8 Å². The maximum atomic E-state index is 16.3. The van der Waals surface area contributed by atoms with Gasteiger partial charge in [0.15, 0.2) is 14.7 Å². The standard InChI is InChI=1S/C26H38F11NO3Si2/c1-9-20(3,27)23(29,25(33,34)35)26(36,37)41-21(4,10-2)22(28,24(30,31)32)19(39)38(5)17-12-11-13-18(16-17)43(7,8)15-14-42(6)40/h11-13,16,40,42H,9-10,14-15H2,1-8H3. The molecule has 1 rings (SSSR count). The van der Waals surface area contributed by atoms with E-state index < -0.39 is 76.9 Å². The molecule has 0 aliphatic rings. The summed E-state index contributed by atoms with van der Waals surface area (Å²) >= 11 is 0. The van der Waals surface area contributed by atoms with Crippen molar-refractivity contribution in [2.75, 3.05) is 11.9 Å². The van der Waals surface area contributed by atoms with Crippen molar-refractivity contribution in [1.82, 2.24) is 0 Å². The highest BCUT2D eigenvalue weighted by Gasteiger charge is 2.83. The molecule has 0 saturated heterocycles. The molecule has 1 aromatic carbocycles. The lowest BCUT2D eigenvalue weighted by Gasteiger charge is -2.48. The van der Waals surface area contributed by atoms with Crippen LogP contribution in [0.2, 0.25) is 31.7 Å². The van der Waals surface area contributed by atoms with Gasteiger partial charge in [0.2, 0.25) is 0 Å². The van der Waals surface area contributed by atoms with Gasteiger partial charge in [0.25, 0.3) is 5.91 Å². The number of amides is 1. The average Bonchev–Trinajstić information content (AvgIpc) is 2.88. The number of halogens is 11. The van der Waals surface area contributed by atoms with E-state index in [2.05, 4.69) is 4.74 Å². The van der Waals surface area contributed by atoms with Gasteiger partial charge >= 0.3 is 29.8 Å². The first-order valence-corrected chi connectivity index (χ1v) is 19.1. The number of alkyl halides is 11. The minimum atomic E-state index is -6.74. The summed E-state index contributed by atoms with van der Waals surface area (Å²) in [6.07, 6.45) is -22.6. The molecule has 4 nitrogen and oxygen atoms in total. The smallest absolute Gasteiger partial charge is 0.434 e. The van der Waals surface area contributed by atoms with Crippen LogP contribution in [0, 0.1) is 0 Å². The molecule has 43 heavy (non-hydrogen) atoms. The Bertz CT molecular complexity index is 1130. The second kappa shape index (κ2) is 12.6. The minimum Gasteiger partial charge on any atom is -0.435 e. The van der Waals surface area contributed by atoms with Gasteiger partial charge in [0.05, 0.1) is 8.07 Å². The van der Waals surface area contributed by atoms with E-state index >= 15 is 17.6 Å². The van der Waals surface area contributed by atoms with Gasteiger partial charge < -0.3 is 14.4 Å². The van der Waals surface area contributed by atoms with Gasteiger partial charge in [-0.3, -0.25) is 4.79 Å². The Labute approximate surface area is 246 Å². The molecular weight excluding hydrogens is 639 g/mol. The van der Waals surface area contributed by atoms with Gasteiger partial charge in [-0.05, 0) is 51.4 Å². The third-order valence-electron chi connectivity index (χ3n) is 8.12. The summed E-state index contributed by atoms with van der Waals surface area (Å²) < 4.78 is 165. The van der Waals surface area contributed by atoms with E-state index in [9.17, 15) is 40.3 Å². The van der Waals surface area contributed by atoms with Crippen LogP contribution in [-0.2, 0) is 9.53 Å². The van der Waals surface area contributed by atoms with Crippen molar-refractivity contribution >= 4 is 33.9 Å². The number of anilines is 1. The Morgan fingerprint density at radius 2 is 1.44 bits per heavy atom. The Hall–Kier alpha value is -1.73. The van der Waals surface area contributed by atoms with Crippen LogP contribution in [0.25, 0.3) is 0 Å². The molecule has 1 amide bonds. The zero-order valence-corrected chi connectivity index (χ0v) is 27.2. The molecule has 0 saturated carbocycles. The zero-order chi connectivity index (χ0) is 34.3. The van der Waals surface area contributed by atoms with Gasteiger partial charge in [-0.15, -0.1) is 0 Å². The van der Waals surface area contributed by atoms with E-state index in [1.165, 1.54) is 12.1 Å². The lowest BCUT2D eigenvalue weighted by atomic mass is 9.79. The third kappa shape index (κ3) is 7.08. The molecule has 5 atom stereocenters. The first-order chi connectivity index (χ1) is 19.0. The Balaban J connectivity index is 3.79. The molecule has 0 bridgehead atoms. The van der Waals surface area contributed by atoms with Crippen molar-refractivity contribution in [3.8, 4) is 0 Å². The summed E-state index contributed by atoms with van der Waals surface area (Å²) in [6, 6.07) is 6.47. The van der Waals surface area contributed by atoms with E-state index in [0.29, 0.717) is 38.2 Å². The monoisotopic (exact) mass is 677 g/mol. The average molecular weight is 678 g/mol. The molecule has 0 radical (unpaired) electrons. The van der Waals surface area contributed by atoms with Gasteiger partial charge in [-0.1, -0.05) is 50.3 Å². The number of hydrogen-bond donors (Lipinski definition) is 1. The molecule has 250 valence electrons. The lowest BCUT2D eigenvalue weighted by Crippen LogP contribution is -2.73. The first-order valence-electron chi connectivity index (χ1n) is 13.4. The van der Waals surface area contributed by atoms with E-state index in [0.717, 1.165) is 6.07 Å². The molecule has 0 aliphatic heterocycles. The molecule has 1 aromatic rings. The van der Waals surface area contributed by atoms with Crippen molar-refractivity contribution < 1.29 is 62.6 Å². The van der Waals surface area contributed by atoms with Crippen LogP contribution >= 0.6 is 0 Å². The van der Waals surface area contributed by atoms with Crippen LogP contribution < -0.4 is 10.1 Å². The second-order valence-corrected chi connectivity index (χ2v) is 18.9. The van der Waals surface area contributed by atoms with Crippen molar-refractivity contribution in [2.24, 2.45) is 0 Å². The maximum Gasteiger partial charge on any atom is 0.434 e. The Morgan fingerprint density at radius 3 is 1.84 bits per heavy atom. The molecule has 5 unspecified atom stereocenters. The van der Waals surface area contributed by atoms with Gasteiger partial charge in [0, 0.05) is 12.7 Å². The third-order valence-corrected chi connectivity index (χ3v) is 13.2. The minimum absolute atomic E-state index is 0.0507. The SMILES string of the molecule is CCC(C)(F)C(F)(C(F)(F)F)C(F)(F)OC(C)(CC)C(F)(C(=O)N(C)c1cccc([Si](C)(C)CC[SiH](C)O)c1)C(F)(F)F. The number of benzene rings is 1. The summed E-state index contributed by atoms with van der Waals surface area (Å²) in [5.74, 6) is -2.54. The van der Waals surface area contributed by atoms with Crippen LogP contribution in [0.15, 0.2) is 24.3 Å². The number of nitrogens with zero attached hydrogens (tertiary/aromatic N) is 1. The normalized spacial score (nSPS) is 19.9. The number of rotatable bonds is 13. The van der Waals surface area contributed by atoms with Crippen molar-refractivity contribution in [3.05, 3.63) is 24.3 Å². The number of ether oxygens (including phenoxy) is 1. The van der Waals surface area contributed by atoms with Crippen molar-refractivity contribution in [2.45, 2.75) is 113 Å². The molecule has 0 aromatic heterocycles. The Kier molecular flexibility index (Phi) is 11.5. The van der Waals surface area contributed by atoms with E-state index in [1.54, 1.807) is 12.6 Å². The molecule has 1 N–H and O–H groups in total. The second-order valence-electron chi connectivity index (χ2n) is 11.8. The highest BCUT2D eigenvalue weighted by atomic mass is 28.3. The number of hydrogen-bond acceptors (Lipinski definition) is 3. The van der Waals surface area contributed by atoms with Crippen LogP contribution in [0.1, 0.15) is 40.5 Å². The summed E-state index contributed by atoms with van der Waals surface area (Å²) in [4.78, 5) is 23.2. The summed E-state index contributed by atoms with van der Waals surface area (Å²) in [6.45, 7) is 6.39. The summed E-state index contributed by atoms with van der Waals surface area (Å²) in [5.41, 5.74) is -20.7. The molecule has 0 heterocycles. The van der Waals surface area contributed by atoms with Crippen LogP contribution in [0.4, 0.5) is 54.0 Å². The molecule has 17 heteroatoms. The van der Waals surface area contributed by atoms with E-state index in [1.807, 2.05) is 13.1 Å². The highest BCUT2D eigenvalue weighted by molar-refractivity contribution is 6.90. The predicted octanol–water partition coefficient (Wildman–Crippen LogP) is 7.37. The number of carbonyl (C=O) groups is 1. The van der Waals surface area contributed by atoms with Crippen molar-refractivity contribution in [3.63, 3.8) is 0 Å². The first kappa shape index (κ1) is 39.3. The summed E-state index contributed by atoms with van der Waals surface area (Å²) in [7, 11) is -3.63. The maximum absolute atomic E-state index is 16.3. The Morgan fingerprint density at radius 1 is 0.930 bits per heavy atom. The van der Waals surface area contributed by atoms with Crippen molar-refractivity contribution in [1.29, 1.82) is 0 Å². The van der Waals surface area contributed by atoms with Gasteiger partial charge in [-0.2, -0.15) is 35.1 Å². The van der Waals surface area contributed by atoms with E-state index in [-0.39, 0.29) is 24.4 Å². The van der Waals surface area contributed by atoms with Crippen LogP contribution in [-0.4, -0.2) is 75.9 Å². The highest BCUT2D eigenvalue weighted by Crippen LogP contribution is 2.58. The van der Waals surface area contributed by atoms with Crippen LogP contribution in [0.5, 0.6) is 0 Å². The fourth-order valence-corrected chi connectivity index (χ4v) is 10.5. The number of carbonyl (C=O) groups excluding carboxylic acids is 1. The molecular formula is C26H38F11NO3Si2. The quantitative estimate of drug-likeness (QED) is 0.175. The zero-order valence-electron chi connectivity index (χ0n) is 25.1.